The highest BCUT2D eigenvalue weighted by atomic mass is 16.5. The van der Waals surface area contributed by atoms with Crippen LogP contribution in [0.1, 0.15) is 53.0 Å². The van der Waals surface area contributed by atoms with E-state index in [4.69, 9.17) is 14.2 Å². The molecule has 1 aromatic rings. The van der Waals surface area contributed by atoms with Crippen molar-refractivity contribution in [3.8, 4) is 29.1 Å². The predicted octanol–water partition coefficient (Wildman–Crippen LogP) is 4.65. The van der Waals surface area contributed by atoms with Crippen LogP contribution >= 0.6 is 0 Å². The second kappa shape index (κ2) is 9.25. The van der Waals surface area contributed by atoms with Crippen LogP contribution in [0.15, 0.2) is 12.1 Å². The lowest BCUT2D eigenvalue weighted by molar-refractivity contribution is 0.258. The summed E-state index contributed by atoms with van der Waals surface area (Å²) < 4.78 is 17.4. The molecule has 2 unspecified atom stereocenters. The van der Waals surface area contributed by atoms with E-state index in [-0.39, 0.29) is 11.8 Å². The average molecular weight is 304 g/mol. The second-order valence-electron chi connectivity index (χ2n) is 5.08. The van der Waals surface area contributed by atoms with Crippen LogP contribution in [0.25, 0.3) is 0 Å². The zero-order chi connectivity index (χ0) is 16.5. The quantitative estimate of drug-likeness (QED) is 0.655. The van der Waals surface area contributed by atoms with E-state index in [1.807, 2.05) is 33.8 Å². The van der Waals surface area contributed by atoms with Crippen molar-refractivity contribution >= 4 is 0 Å². The molecule has 0 amide bonds. The number of hydrogen-bond donors (Lipinski definition) is 0. The Balaban J connectivity index is 3.36. The molecule has 122 valence electrons. The van der Waals surface area contributed by atoms with Crippen molar-refractivity contribution in [2.75, 3.05) is 19.8 Å². The van der Waals surface area contributed by atoms with Gasteiger partial charge < -0.3 is 14.2 Å². The number of benzene rings is 1. The van der Waals surface area contributed by atoms with Gasteiger partial charge in [0.1, 0.15) is 0 Å². The summed E-state index contributed by atoms with van der Waals surface area (Å²) in [4.78, 5) is 0. The summed E-state index contributed by atoms with van der Waals surface area (Å²) >= 11 is 0. The highest BCUT2D eigenvalue weighted by Gasteiger charge is 2.23. The smallest absolute Gasteiger partial charge is 0.203 e. The fraction of sp³-hybridized carbons (Fsp3) is 0.579. The Kier molecular flexibility index (Phi) is 7.66. The number of hydrogen-bond acceptors (Lipinski definition) is 3. The molecular formula is C19H28O3. The van der Waals surface area contributed by atoms with Crippen LogP contribution in [0.5, 0.6) is 17.2 Å². The maximum atomic E-state index is 5.90. The van der Waals surface area contributed by atoms with Crippen molar-refractivity contribution < 1.29 is 14.2 Å². The lowest BCUT2D eigenvalue weighted by atomic mass is 9.88. The summed E-state index contributed by atoms with van der Waals surface area (Å²) in [6, 6.07) is 4.03. The van der Waals surface area contributed by atoms with Crippen LogP contribution in [0.4, 0.5) is 0 Å². The molecule has 0 saturated carbocycles. The summed E-state index contributed by atoms with van der Waals surface area (Å²) in [6.45, 7) is 13.8. The van der Waals surface area contributed by atoms with Crippen LogP contribution in [0, 0.1) is 17.8 Å². The van der Waals surface area contributed by atoms with E-state index in [0.29, 0.717) is 25.6 Å². The van der Waals surface area contributed by atoms with E-state index >= 15 is 0 Å². The molecule has 0 aromatic heterocycles. The summed E-state index contributed by atoms with van der Waals surface area (Å²) in [5, 5.41) is 0. The Morgan fingerprint density at radius 3 is 2.05 bits per heavy atom. The van der Waals surface area contributed by atoms with Crippen molar-refractivity contribution in [2.24, 2.45) is 5.92 Å². The molecule has 1 aromatic carbocycles. The molecule has 0 aliphatic rings. The summed E-state index contributed by atoms with van der Waals surface area (Å²) in [6.07, 6.45) is 0. The molecule has 3 nitrogen and oxygen atoms in total. The third-order valence-corrected chi connectivity index (χ3v) is 3.60. The Morgan fingerprint density at radius 1 is 0.909 bits per heavy atom. The number of rotatable bonds is 8. The summed E-state index contributed by atoms with van der Waals surface area (Å²) in [5.74, 6) is 8.94. The molecule has 0 heterocycles. The minimum Gasteiger partial charge on any atom is -0.490 e. The largest absolute Gasteiger partial charge is 0.490 e. The highest BCUT2D eigenvalue weighted by molar-refractivity contribution is 5.57. The normalized spacial score (nSPS) is 12.8. The molecule has 0 N–H and O–H groups in total. The average Bonchev–Trinajstić information content (AvgIpc) is 2.50. The van der Waals surface area contributed by atoms with E-state index in [9.17, 15) is 0 Å². The Bertz CT molecular complexity index is 525. The highest BCUT2D eigenvalue weighted by Crippen LogP contribution is 2.44. The van der Waals surface area contributed by atoms with Crippen molar-refractivity contribution in [3.63, 3.8) is 0 Å². The van der Waals surface area contributed by atoms with Gasteiger partial charge in [-0.15, -0.1) is 5.92 Å². The van der Waals surface area contributed by atoms with Crippen LogP contribution in [-0.4, -0.2) is 19.8 Å². The van der Waals surface area contributed by atoms with E-state index in [1.54, 1.807) is 0 Å². The molecule has 22 heavy (non-hydrogen) atoms. The van der Waals surface area contributed by atoms with Gasteiger partial charge in [0.15, 0.2) is 11.5 Å². The third kappa shape index (κ3) is 4.34. The van der Waals surface area contributed by atoms with Gasteiger partial charge in [-0.2, -0.15) is 0 Å². The first-order valence-electron chi connectivity index (χ1n) is 8.08. The molecule has 3 heteroatoms. The van der Waals surface area contributed by atoms with Crippen LogP contribution in [-0.2, 0) is 0 Å². The van der Waals surface area contributed by atoms with Gasteiger partial charge in [-0.3, -0.25) is 0 Å². The van der Waals surface area contributed by atoms with Crippen molar-refractivity contribution in [3.05, 3.63) is 17.7 Å². The topological polar surface area (TPSA) is 27.7 Å². The minimum absolute atomic E-state index is 0.247. The number of ether oxygens (including phenoxy) is 3. The van der Waals surface area contributed by atoms with Gasteiger partial charge >= 0.3 is 0 Å². The zero-order valence-electron chi connectivity index (χ0n) is 14.7. The standard InChI is InChI=1S/C19H28O3/c1-7-11-14(5)15(6)16-12-13-17(20-8-2)19(22-10-4)18(16)21-9-3/h12-15H,8-10H2,1-6H3. The van der Waals surface area contributed by atoms with E-state index in [2.05, 4.69) is 31.8 Å². The molecule has 0 fully saturated rings. The zero-order valence-corrected chi connectivity index (χ0v) is 14.7. The Labute approximate surface area is 135 Å². The van der Waals surface area contributed by atoms with Gasteiger partial charge in [-0.1, -0.05) is 25.8 Å². The Morgan fingerprint density at radius 2 is 1.50 bits per heavy atom. The van der Waals surface area contributed by atoms with E-state index in [0.717, 1.165) is 17.1 Å². The minimum atomic E-state index is 0.247. The third-order valence-electron chi connectivity index (χ3n) is 3.60. The molecule has 0 spiro atoms. The van der Waals surface area contributed by atoms with E-state index in [1.165, 1.54) is 0 Å². The van der Waals surface area contributed by atoms with Gasteiger partial charge in [0.25, 0.3) is 0 Å². The monoisotopic (exact) mass is 304 g/mol. The molecule has 1 rings (SSSR count). The summed E-state index contributed by atoms with van der Waals surface area (Å²) in [5.41, 5.74) is 1.11. The first kappa shape index (κ1) is 18.2. The fourth-order valence-electron chi connectivity index (χ4n) is 2.38. The van der Waals surface area contributed by atoms with Gasteiger partial charge in [0.2, 0.25) is 5.75 Å². The fourth-order valence-corrected chi connectivity index (χ4v) is 2.38. The molecule has 0 saturated heterocycles. The second-order valence-corrected chi connectivity index (χ2v) is 5.08. The van der Waals surface area contributed by atoms with Crippen molar-refractivity contribution in [1.29, 1.82) is 0 Å². The SMILES string of the molecule is CC#CC(C)C(C)c1ccc(OCC)c(OCC)c1OCC. The maximum absolute atomic E-state index is 5.90. The van der Waals surface area contributed by atoms with Crippen LogP contribution in [0.3, 0.4) is 0 Å². The lowest BCUT2D eigenvalue weighted by Crippen LogP contribution is -2.10. The Hall–Kier alpha value is -1.82. The van der Waals surface area contributed by atoms with Gasteiger partial charge in [-0.25, -0.2) is 0 Å². The molecule has 0 bridgehead atoms. The van der Waals surface area contributed by atoms with Crippen LogP contribution in [0.2, 0.25) is 0 Å². The van der Waals surface area contributed by atoms with Crippen molar-refractivity contribution in [1.82, 2.24) is 0 Å². The molecule has 0 radical (unpaired) electrons. The lowest BCUT2D eigenvalue weighted by Gasteiger charge is -2.23. The van der Waals surface area contributed by atoms with Gasteiger partial charge in [0.05, 0.1) is 19.8 Å². The van der Waals surface area contributed by atoms with Gasteiger partial charge in [-0.05, 0) is 39.7 Å². The predicted molar refractivity (Wildman–Crippen MR) is 91.0 cm³/mol. The first-order chi connectivity index (χ1) is 10.6. The molecule has 0 aliphatic heterocycles. The molecule has 0 aliphatic carbocycles. The first-order valence-corrected chi connectivity index (χ1v) is 8.08. The van der Waals surface area contributed by atoms with Gasteiger partial charge in [0, 0.05) is 11.5 Å². The maximum Gasteiger partial charge on any atom is 0.203 e. The van der Waals surface area contributed by atoms with Crippen LogP contribution < -0.4 is 14.2 Å². The van der Waals surface area contributed by atoms with E-state index < -0.39 is 0 Å². The molecule has 2 atom stereocenters. The summed E-state index contributed by atoms with van der Waals surface area (Å²) in [7, 11) is 0. The van der Waals surface area contributed by atoms with Crippen molar-refractivity contribution in [2.45, 2.75) is 47.5 Å². The molecular weight excluding hydrogens is 276 g/mol.